The fourth-order valence-electron chi connectivity index (χ4n) is 2.17. The van der Waals surface area contributed by atoms with Crippen LogP contribution in [0.15, 0.2) is 0 Å². The molecule has 14 heavy (non-hydrogen) atoms. The smallest absolute Gasteiger partial charge is 0.228 e. The van der Waals surface area contributed by atoms with Crippen LogP contribution >= 0.6 is 0 Å². The Morgan fingerprint density at radius 3 is 2.00 bits per heavy atom. The highest BCUT2D eigenvalue weighted by Gasteiger charge is 2.52. The van der Waals surface area contributed by atoms with Gasteiger partial charge in [0.15, 0.2) is 5.78 Å². The van der Waals surface area contributed by atoms with Gasteiger partial charge in [0.1, 0.15) is 0 Å². The van der Waals surface area contributed by atoms with Crippen LogP contribution in [-0.4, -0.2) is 25.8 Å². The molecule has 0 spiro atoms. The number of methoxy groups -OCH3 is 2. The molecule has 82 valence electrons. The normalized spacial score (nSPS) is 26.9. The van der Waals surface area contributed by atoms with E-state index in [0.717, 1.165) is 6.42 Å². The van der Waals surface area contributed by atoms with Crippen molar-refractivity contribution < 1.29 is 14.3 Å². The zero-order valence-corrected chi connectivity index (χ0v) is 9.72. The van der Waals surface area contributed by atoms with E-state index in [0.29, 0.717) is 6.42 Å². The minimum atomic E-state index is -0.974. The van der Waals surface area contributed by atoms with E-state index in [9.17, 15) is 4.79 Å². The van der Waals surface area contributed by atoms with Gasteiger partial charge in [0.2, 0.25) is 5.79 Å². The molecule has 0 N–H and O–H groups in total. The van der Waals surface area contributed by atoms with Crippen LogP contribution in [0.2, 0.25) is 0 Å². The molecule has 1 saturated carbocycles. The van der Waals surface area contributed by atoms with Crippen molar-refractivity contribution in [3.05, 3.63) is 0 Å². The van der Waals surface area contributed by atoms with Crippen molar-refractivity contribution in [3.63, 3.8) is 0 Å². The quantitative estimate of drug-likeness (QED) is 0.639. The molecular formula is C11H20O3. The third-order valence-corrected chi connectivity index (χ3v) is 3.16. The molecule has 1 atom stereocenters. The van der Waals surface area contributed by atoms with E-state index in [-0.39, 0.29) is 17.1 Å². The zero-order chi connectivity index (χ0) is 11.0. The molecule has 1 rings (SSSR count). The van der Waals surface area contributed by atoms with Crippen molar-refractivity contribution >= 4 is 5.78 Å². The molecule has 3 nitrogen and oxygen atoms in total. The number of Topliss-reactive ketones (excluding diaryl/α,β-unsaturated/α-hetero) is 1. The lowest BCUT2D eigenvalue weighted by Gasteiger charge is -2.28. The van der Waals surface area contributed by atoms with E-state index in [1.807, 2.05) is 0 Å². The van der Waals surface area contributed by atoms with Crippen LogP contribution in [0.5, 0.6) is 0 Å². The van der Waals surface area contributed by atoms with Crippen LogP contribution in [-0.2, 0) is 14.3 Å². The molecule has 0 aromatic carbocycles. The average Bonchev–Trinajstić information content (AvgIpc) is 2.42. The summed E-state index contributed by atoms with van der Waals surface area (Å²) < 4.78 is 10.4. The lowest BCUT2D eigenvalue weighted by Crippen LogP contribution is -2.42. The molecule has 0 saturated heterocycles. The van der Waals surface area contributed by atoms with Crippen molar-refractivity contribution in [3.8, 4) is 0 Å². The standard InChI is InChI=1S/C11H20O3/c1-10(2,3)8-6-7-11(13-4,14-5)9(8)12/h8H,6-7H2,1-5H3. The summed E-state index contributed by atoms with van der Waals surface area (Å²) in [6.07, 6.45) is 1.52. The first-order chi connectivity index (χ1) is 6.37. The molecule has 0 bridgehead atoms. The van der Waals surface area contributed by atoms with E-state index < -0.39 is 5.79 Å². The maximum absolute atomic E-state index is 12.1. The van der Waals surface area contributed by atoms with Gasteiger partial charge >= 0.3 is 0 Å². The first kappa shape index (κ1) is 11.7. The predicted octanol–water partition coefficient (Wildman–Crippen LogP) is 2.00. The van der Waals surface area contributed by atoms with Crippen LogP contribution in [0.3, 0.4) is 0 Å². The van der Waals surface area contributed by atoms with Gasteiger partial charge in [0, 0.05) is 26.6 Å². The summed E-state index contributed by atoms with van der Waals surface area (Å²) in [6, 6.07) is 0. The number of rotatable bonds is 2. The van der Waals surface area contributed by atoms with Gasteiger partial charge in [-0.1, -0.05) is 20.8 Å². The Labute approximate surface area is 85.8 Å². The summed E-state index contributed by atoms with van der Waals surface area (Å²) in [5.41, 5.74) is -0.00407. The average molecular weight is 200 g/mol. The van der Waals surface area contributed by atoms with E-state index >= 15 is 0 Å². The minimum absolute atomic E-state index is 0.00407. The van der Waals surface area contributed by atoms with Gasteiger partial charge in [-0.25, -0.2) is 0 Å². The van der Waals surface area contributed by atoms with Crippen LogP contribution in [0.1, 0.15) is 33.6 Å². The van der Waals surface area contributed by atoms with E-state index in [4.69, 9.17) is 9.47 Å². The van der Waals surface area contributed by atoms with E-state index in [1.54, 1.807) is 0 Å². The second-order valence-corrected chi connectivity index (χ2v) is 4.98. The van der Waals surface area contributed by atoms with Crippen LogP contribution < -0.4 is 0 Å². The van der Waals surface area contributed by atoms with Crippen molar-refractivity contribution in [2.45, 2.75) is 39.4 Å². The third-order valence-electron chi connectivity index (χ3n) is 3.16. The molecule has 0 radical (unpaired) electrons. The number of carbonyl (C=O) groups is 1. The lowest BCUT2D eigenvalue weighted by molar-refractivity contribution is -0.202. The van der Waals surface area contributed by atoms with Crippen molar-refractivity contribution in [2.75, 3.05) is 14.2 Å². The Kier molecular flexibility index (Phi) is 3.02. The number of carbonyl (C=O) groups excluding carboxylic acids is 1. The molecular weight excluding hydrogens is 180 g/mol. The summed E-state index contributed by atoms with van der Waals surface area (Å²) in [5, 5.41) is 0. The van der Waals surface area contributed by atoms with Gasteiger partial charge in [-0.05, 0) is 11.8 Å². The minimum Gasteiger partial charge on any atom is -0.347 e. The molecule has 0 heterocycles. The number of ether oxygens (including phenoxy) is 2. The summed E-state index contributed by atoms with van der Waals surface area (Å²) >= 11 is 0. The molecule has 0 aromatic rings. The fraction of sp³-hybridized carbons (Fsp3) is 0.909. The Hall–Kier alpha value is -0.410. The topological polar surface area (TPSA) is 35.5 Å². The lowest BCUT2D eigenvalue weighted by atomic mass is 9.79. The van der Waals surface area contributed by atoms with Crippen LogP contribution in [0.25, 0.3) is 0 Å². The summed E-state index contributed by atoms with van der Waals surface area (Å²) in [4.78, 5) is 12.1. The second-order valence-electron chi connectivity index (χ2n) is 4.98. The van der Waals surface area contributed by atoms with E-state index in [1.165, 1.54) is 14.2 Å². The van der Waals surface area contributed by atoms with Gasteiger partial charge in [0.25, 0.3) is 0 Å². The first-order valence-corrected chi connectivity index (χ1v) is 5.02. The summed E-state index contributed by atoms with van der Waals surface area (Å²) in [6.45, 7) is 6.24. The van der Waals surface area contributed by atoms with Crippen LogP contribution in [0.4, 0.5) is 0 Å². The Morgan fingerprint density at radius 1 is 1.29 bits per heavy atom. The molecule has 0 aliphatic heterocycles. The van der Waals surface area contributed by atoms with E-state index in [2.05, 4.69) is 20.8 Å². The Morgan fingerprint density at radius 2 is 1.79 bits per heavy atom. The molecule has 0 aromatic heterocycles. The monoisotopic (exact) mass is 200 g/mol. The zero-order valence-electron chi connectivity index (χ0n) is 9.72. The summed E-state index contributed by atoms with van der Waals surface area (Å²) in [7, 11) is 3.07. The second kappa shape index (κ2) is 3.63. The van der Waals surface area contributed by atoms with Gasteiger partial charge < -0.3 is 9.47 Å². The first-order valence-electron chi connectivity index (χ1n) is 5.02. The highest BCUT2D eigenvalue weighted by atomic mass is 16.7. The van der Waals surface area contributed by atoms with Gasteiger partial charge in [-0.3, -0.25) is 4.79 Å². The molecule has 1 aliphatic carbocycles. The molecule has 0 amide bonds. The maximum atomic E-state index is 12.1. The number of hydrogen-bond acceptors (Lipinski definition) is 3. The molecule has 1 fully saturated rings. The largest absolute Gasteiger partial charge is 0.347 e. The molecule has 1 unspecified atom stereocenters. The van der Waals surface area contributed by atoms with Crippen molar-refractivity contribution in [1.29, 1.82) is 0 Å². The summed E-state index contributed by atoms with van der Waals surface area (Å²) in [5.74, 6) is -0.838. The highest BCUT2D eigenvalue weighted by molar-refractivity contribution is 5.90. The Balaban J connectivity index is 2.88. The highest BCUT2D eigenvalue weighted by Crippen LogP contribution is 2.43. The van der Waals surface area contributed by atoms with Gasteiger partial charge in [-0.15, -0.1) is 0 Å². The van der Waals surface area contributed by atoms with Gasteiger partial charge in [0.05, 0.1) is 0 Å². The Bertz CT molecular complexity index is 223. The molecule has 3 heteroatoms. The SMILES string of the molecule is COC1(OC)CCC(C(C)(C)C)C1=O. The van der Waals surface area contributed by atoms with Crippen molar-refractivity contribution in [1.82, 2.24) is 0 Å². The maximum Gasteiger partial charge on any atom is 0.228 e. The van der Waals surface area contributed by atoms with Crippen molar-refractivity contribution in [2.24, 2.45) is 11.3 Å². The van der Waals surface area contributed by atoms with Crippen LogP contribution in [0, 0.1) is 11.3 Å². The third kappa shape index (κ3) is 1.71. The predicted molar refractivity (Wildman–Crippen MR) is 53.9 cm³/mol. The van der Waals surface area contributed by atoms with Gasteiger partial charge in [-0.2, -0.15) is 0 Å². The number of ketones is 1. The number of hydrogen-bond donors (Lipinski definition) is 0. The molecule has 1 aliphatic rings. The fourth-order valence-corrected chi connectivity index (χ4v) is 2.17.